The van der Waals surface area contributed by atoms with Crippen molar-refractivity contribution in [3.8, 4) is 0 Å². The maximum Gasteiger partial charge on any atom is 0.333 e. The van der Waals surface area contributed by atoms with E-state index in [0.717, 1.165) is 19.3 Å². The van der Waals surface area contributed by atoms with E-state index in [1.165, 1.54) is 6.92 Å². The first kappa shape index (κ1) is 23.1. The zero-order valence-corrected chi connectivity index (χ0v) is 15.5. The number of hydrogen-bond donors (Lipinski definition) is 2. The van der Waals surface area contributed by atoms with Crippen LogP contribution in [0.25, 0.3) is 0 Å². The van der Waals surface area contributed by atoms with E-state index in [1.807, 2.05) is 13.8 Å². The molecule has 7 nitrogen and oxygen atoms in total. The molecular formula is C18H31NO6. The minimum atomic E-state index is -1.05. The monoisotopic (exact) mass is 357 g/mol. The van der Waals surface area contributed by atoms with Crippen molar-refractivity contribution >= 4 is 17.8 Å². The number of carbonyl (C=O) groups excluding carboxylic acids is 3. The van der Waals surface area contributed by atoms with Crippen LogP contribution in [0.2, 0.25) is 0 Å². The van der Waals surface area contributed by atoms with E-state index in [0.29, 0.717) is 13.0 Å². The standard InChI is InChI=1S/C18H31NO6/c1-5-14(4)17(22)19-10-8-6-7-9-16(21)24-11-15(20)12-25-18(23)13(2)3/h14-15,20H,2,5-12H2,1,3-4H3,(H,19,22). The van der Waals surface area contributed by atoms with Crippen LogP contribution in [0, 0.1) is 5.92 Å². The maximum atomic E-state index is 11.6. The summed E-state index contributed by atoms with van der Waals surface area (Å²) >= 11 is 0. The Morgan fingerprint density at radius 2 is 1.76 bits per heavy atom. The number of aliphatic hydroxyl groups is 1. The molecule has 0 saturated carbocycles. The van der Waals surface area contributed by atoms with Crippen molar-refractivity contribution in [2.75, 3.05) is 19.8 Å². The van der Waals surface area contributed by atoms with Gasteiger partial charge in [0.2, 0.25) is 5.91 Å². The fourth-order valence-electron chi connectivity index (χ4n) is 1.75. The van der Waals surface area contributed by atoms with Crippen LogP contribution in [0.4, 0.5) is 0 Å². The van der Waals surface area contributed by atoms with Crippen molar-refractivity contribution in [2.24, 2.45) is 5.92 Å². The molecule has 0 aromatic heterocycles. The zero-order chi connectivity index (χ0) is 19.2. The summed E-state index contributed by atoms with van der Waals surface area (Å²) in [5.41, 5.74) is 0.240. The van der Waals surface area contributed by atoms with Gasteiger partial charge in [-0.1, -0.05) is 26.8 Å². The maximum absolute atomic E-state index is 11.6. The average molecular weight is 357 g/mol. The second kappa shape index (κ2) is 13.4. The van der Waals surface area contributed by atoms with Gasteiger partial charge >= 0.3 is 11.9 Å². The van der Waals surface area contributed by atoms with Crippen LogP contribution in [0.15, 0.2) is 12.2 Å². The van der Waals surface area contributed by atoms with Crippen molar-refractivity contribution in [3.63, 3.8) is 0 Å². The lowest BCUT2D eigenvalue weighted by Crippen LogP contribution is -2.29. The molecule has 1 amide bonds. The number of aliphatic hydroxyl groups excluding tert-OH is 1. The molecule has 2 unspecified atom stereocenters. The average Bonchev–Trinajstić information content (AvgIpc) is 2.59. The van der Waals surface area contributed by atoms with Gasteiger partial charge < -0.3 is 19.9 Å². The van der Waals surface area contributed by atoms with Crippen molar-refractivity contribution in [3.05, 3.63) is 12.2 Å². The number of ether oxygens (including phenoxy) is 2. The predicted molar refractivity (Wildman–Crippen MR) is 93.7 cm³/mol. The third kappa shape index (κ3) is 12.2. The molecule has 7 heteroatoms. The summed E-state index contributed by atoms with van der Waals surface area (Å²) in [4.78, 5) is 34.2. The van der Waals surface area contributed by atoms with E-state index in [1.54, 1.807) is 0 Å². The first-order valence-corrected chi connectivity index (χ1v) is 8.71. The Kier molecular flexibility index (Phi) is 12.4. The molecule has 0 aliphatic heterocycles. The van der Waals surface area contributed by atoms with E-state index in [9.17, 15) is 19.5 Å². The van der Waals surface area contributed by atoms with Gasteiger partial charge in [0.25, 0.3) is 0 Å². The molecule has 0 aliphatic rings. The third-order valence-electron chi connectivity index (χ3n) is 3.61. The Morgan fingerprint density at radius 3 is 2.36 bits per heavy atom. The number of nitrogens with one attached hydrogen (secondary N) is 1. The molecule has 2 atom stereocenters. The smallest absolute Gasteiger partial charge is 0.333 e. The number of unbranched alkanes of at least 4 members (excludes halogenated alkanes) is 2. The molecule has 0 fully saturated rings. The van der Waals surface area contributed by atoms with Crippen LogP contribution in [0.3, 0.4) is 0 Å². The first-order chi connectivity index (χ1) is 11.8. The van der Waals surface area contributed by atoms with Crippen LogP contribution >= 0.6 is 0 Å². The summed E-state index contributed by atoms with van der Waals surface area (Å²) in [6, 6.07) is 0. The van der Waals surface area contributed by atoms with E-state index >= 15 is 0 Å². The van der Waals surface area contributed by atoms with Gasteiger partial charge in [0, 0.05) is 24.5 Å². The second-order valence-corrected chi connectivity index (χ2v) is 6.13. The molecule has 0 aromatic carbocycles. The van der Waals surface area contributed by atoms with E-state index in [-0.39, 0.29) is 37.0 Å². The van der Waals surface area contributed by atoms with Gasteiger partial charge in [0.1, 0.15) is 19.3 Å². The first-order valence-electron chi connectivity index (χ1n) is 8.71. The van der Waals surface area contributed by atoms with Gasteiger partial charge in [-0.3, -0.25) is 9.59 Å². The van der Waals surface area contributed by atoms with Gasteiger partial charge in [-0.2, -0.15) is 0 Å². The lowest BCUT2D eigenvalue weighted by molar-refractivity contribution is -0.150. The summed E-state index contributed by atoms with van der Waals surface area (Å²) in [5, 5.41) is 12.4. The second-order valence-electron chi connectivity index (χ2n) is 6.13. The number of amides is 1. The molecule has 0 heterocycles. The van der Waals surface area contributed by atoms with Crippen molar-refractivity contribution in [1.82, 2.24) is 5.32 Å². The minimum absolute atomic E-state index is 0.0241. The van der Waals surface area contributed by atoms with Crippen LogP contribution in [-0.2, 0) is 23.9 Å². The molecular weight excluding hydrogens is 326 g/mol. The van der Waals surface area contributed by atoms with Crippen molar-refractivity contribution in [2.45, 2.75) is 59.0 Å². The Balaban J connectivity index is 3.63. The normalized spacial score (nSPS) is 12.8. The molecule has 2 N–H and O–H groups in total. The van der Waals surface area contributed by atoms with Crippen LogP contribution in [-0.4, -0.2) is 48.8 Å². The highest BCUT2D eigenvalue weighted by Gasteiger charge is 2.12. The topological polar surface area (TPSA) is 102 Å². The van der Waals surface area contributed by atoms with Crippen LogP contribution < -0.4 is 5.32 Å². The highest BCUT2D eigenvalue weighted by Crippen LogP contribution is 2.03. The Hall–Kier alpha value is -1.89. The summed E-state index contributed by atoms with van der Waals surface area (Å²) in [6.07, 6.45) is 2.26. The lowest BCUT2D eigenvalue weighted by Gasteiger charge is -2.12. The molecule has 0 saturated heterocycles. The quantitative estimate of drug-likeness (QED) is 0.296. The molecule has 0 aromatic rings. The summed E-state index contributed by atoms with van der Waals surface area (Å²) in [5.74, 6) is -0.918. The highest BCUT2D eigenvalue weighted by atomic mass is 16.6. The van der Waals surface area contributed by atoms with E-state index in [4.69, 9.17) is 9.47 Å². The third-order valence-corrected chi connectivity index (χ3v) is 3.61. The van der Waals surface area contributed by atoms with Gasteiger partial charge in [-0.25, -0.2) is 4.79 Å². The Bertz CT molecular complexity index is 449. The van der Waals surface area contributed by atoms with Crippen molar-refractivity contribution < 1.29 is 29.0 Å². The molecule has 0 radical (unpaired) electrons. The van der Waals surface area contributed by atoms with Gasteiger partial charge in [0.15, 0.2) is 0 Å². The Morgan fingerprint density at radius 1 is 1.12 bits per heavy atom. The fourth-order valence-corrected chi connectivity index (χ4v) is 1.75. The molecule has 0 spiro atoms. The molecule has 0 aliphatic carbocycles. The fraction of sp³-hybridized carbons (Fsp3) is 0.722. The largest absolute Gasteiger partial charge is 0.463 e. The number of hydrogen-bond acceptors (Lipinski definition) is 6. The van der Waals surface area contributed by atoms with Crippen molar-refractivity contribution in [1.29, 1.82) is 0 Å². The van der Waals surface area contributed by atoms with Gasteiger partial charge in [-0.05, 0) is 26.2 Å². The summed E-state index contributed by atoms with van der Waals surface area (Å²) in [7, 11) is 0. The lowest BCUT2D eigenvalue weighted by atomic mass is 10.1. The zero-order valence-electron chi connectivity index (χ0n) is 15.5. The molecule has 0 bridgehead atoms. The SMILES string of the molecule is C=C(C)C(=O)OCC(O)COC(=O)CCCCCNC(=O)C(C)CC. The highest BCUT2D eigenvalue weighted by molar-refractivity contribution is 5.86. The molecule has 25 heavy (non-hydrogen) atoms. The van der Waals surface area contributed by atoms with E-state index < -0.39 is 18.0 Å². The predicted octanol–water partition coefficient (Wildman–Crippen LogP) is 1.73. The minimum Gasteiger partial charge on any atom is -0.463 e. The summed E-state index contributed by atoms with van der Waals surface area (Å²) in [6.45, 7) is 8.93. The number of carbonyl (C=O) groups is 3. The Labute approximate surface area is 149 Å². The number of esters is 2. The van der Waals surface area contributed by atoms with Crippen LogP contribution in [0.1, 0.15) is 52.9 Å². The van der Waals surface area contributed by atoms with Gasteiger partial charge in [-0.15, -0.1) is 0 Å². The van der Waals surface area contributed by atoms with E-state index in [2.05, 4.69) is 11.9 Å². The summed E-state index contributed by atoms with van der Waals surface area (Å²) < 4.78 is 9.67. The molecule has 0 rings (SSSR count). The molecule has 144 valence electrons. The number of rotatable bonds is 13. The van der Waals surface area contributed by atoms with Gasteiger partial charge in [0.05, 0.1) is 0 Å². The van der Waals surface area contributed by atoms with Crippen LogP contribution in [0.5, 0.6) is 0 Å².